The van der Waals surface area contributed by atoms with Gasteiger partial charge in [-0.15, -0.1) is 6.42 Å². The molecule has 0 aromatic carbocycles. The summed E-state index contributed by atoms with van der Waals surface area (Å²) in [5.74, 6) is 3.13. The average Bonchev–Trinajstić information content (AvgIpc) is 2.92. The van der Waals surface area contributed by atoms with Crippen molar-refractivity contribution < 1.29 is 14.6 Å². The molecule has 0 bridgehead atoms. The van der Waals surface area contributed by atoms with E-state index in [2.05, 4.69) is 5.92 Å². The van der Waals surface area contributed by atoms with Crippen LogP contribution in [0, 0.1) is 18.3 Å². The van der Waals surface area contributed by atoms with Gasteiger partial charge in [-0.3, -0.25) is 0 Å². The lowest BCUT2D eigenvalue weighted by Gasteiger charge is -2.23. The largest absolute Gasteiger partial charge is 0.394 e. The number of hydrogen-bond donors (Lipinski definition) is 1. The van der Waals surface area contributed by atoms with Crippen LogP contribution in [0.1, 0.15) is 57.8 Å². The molecule has 0 aromatic heterocycles. The van der Waals surface area contributed by atoms with Gasteiger partial charge in [0.05, 0.1) is 18.8 Å². The molecule has 0 aromatic rings. The first-order valence-electron chi connectivity index (χ1n) is 8.16. The molecule has 2 fully saturated rings. The number of aliphatic hydroxyl groups excluding tert-OH is 1. The van der Waals surface area contributed by atoms with Gasteiger partial charge in [0.2, 0.25) is 0 Å². The first-order chi connectivity index (χ1) is 9.85. The van der Waals surface area contributed by atoms with E-state index in [4.69, 9.17) is 15.9 Å². The Morgan fingerprint density at radius 1 is 1.10 bits per heavy atom. The molecule has 0 radical (unpaired) electrons. The molecule has 1 N–H and O–H groups in total. The summed E-state index contributed by atoms with van der Waals surface area (Å²) in [4.78, 5) is 0. The summed E-state index contributed by atoms with van der Waals surface area (Å²) in [6.07, 6.45) is 16.7. The summed E-state index contributed by atoms with van der Waals surface area (Å²) >= 11 is 0. The highest BCUT2D eigenvalue weighted by molar-refractivity contribution is 4.90. The quantitative estimate of drug-likeness (QED) is 0.805. The fourth-order valence-electron chi connectivity index (χ4n) is 3.58. The van der Waals surface area contributed by atoms with Crippen LogP contribution in [0.2, 0.25) is 0 Å². The molecule has 0 spiro atoms. The van der Waals surface area contributed by atoms with Gasteiger partial charge in [-0.1, -0.05) is 44.4 Å². The Bertz CT molecular complexity index is 300. The maximum Gasteiger partial charge on any atom is 0.107 e. The number of terminal acetylenes is 1. The van der Waals surface area contributed by atoms with Crippen LogP contribution in [0.4, 0.5) is 0 Å². The van der Waals surface area contributed by atoms with Gasteiger partial charge in [-0.2, -0.15) is 0 Å². The molecule has 1 unspecified atom stereocenters. The van der Waals surface area contributed by atoms with Crippen LogP contribution in [0.25, 0.3) is 0 Å². The molecule has 114 valence electrons. The molecule has 1 saturated heterocycles. The van der Waals surface area contributed by atoms with Gasteiger partial charge in [0.15, 0.2) is 0 Å². The minimum absolute atomic E-state index is 0.0262. The maximum absolute atomic E-state index is 9.44. The SMILES string of the molecule is C#CCOC1C[C@H](C2CCCCCCCC2)O[C@@H]1CO. The summed E-state index contributed by atoms with van der Waals surface area (Å²) < 4.78 is 11.7. The first-order valence-corrected chi connectivity index (χ1v) is 8.16. The summed E-state index contributed by atoms with van der Waals surface area (Å²) in [6.45, 7) is 0.334. The molecule has 0 amide bonds. The lowest BCUT2D eigenvalue weighted by atomic mass is 9.89. The fraction of sp³-hybridized carbons (Fsp3) is 0.882. The molecular weight excluding hydrogens is 252 g/mol. The summed E-state index contributed by atoms with van der Waals surface area (Å²) in [7, 11) is 0. The molecule has 1 saturated carbocycles. The van der Waals surface area contributed by atoms with Gasteiger partial charge in [0.1, 0.15) is 12.7 Å². The van der Waals surface area contributed by atoms with Crippen molar-refractivity contribution in [3.63, 3.8) is 0 Å². The van der Waals surface area contributed by atoms with E-state index in [0.717, 1.165) is 6.42 Å². The second-order valence-electron chi connectivity index (χ2n) is 6.14. The number of ether oxygens (including phenoxy) is 2. The Morgan fingerprint density at radius 2 is 1.75 bits per heavy atom. The molecule has 2 rings (SSSR count). The molecule has 1 aliphatic heterocycles. The van der Waals surface area contributed by atoms with Gasteiger partial charge < -0.3 is 14.6 Å². The predicted octanol–water partition coefficient (Wildman–Crippen LogP) is 2.91. The maximum atomic E-state index is 9.44. The third kappa shape index (κ3) is 4.48. The second-order valence-corrected chi connectivity index (χ2v) is 6.14. The first kappa shape index (κ1) is 15.8. The van der Waals surface area contributed by atoms with E-state index in [-0.39, 0.29) is 24.9 Å². The van der Waals surface area contributed by atoms with Crippen LogP contribution in [-0.2, 0) is 9.47 Å². The lowest BCUT2D eigenvalue weighted by Crippen LogP contribution is -2.28. The Hall–Kier alpha value is -0.560. The molecule has 3 atom stereocenters. The van der Waals surface area contributed by atoms with Crippen molar-refractivity contribution >= 4 is 0 Å². The Morgan fingerprint density at radius 3 is 2.35 bits per heavy atom. The zero-order valence-electron chi connectivity index (χ0n) is 12.4. The monoisotopic (exact) mass is 280 g/mol. The van der Waals surface area contributed by atoms with Crippen molar-refractivity contribution in [1.29, 1.82) is 0 Å². The van der Waals surface area contributed by atoms with Crippen LogP contribution in [-0.4, -0.2) is 36.6 Å². The van der Waals surface area contributed by atoms with Gasteiger partial charge in [-0.05, 0) is 18.8 Å². The number of rotatable bonds is 4. The molecule has 3 nitrogen and oxygen atoms in total. The second kappa shape index (κ2) is 8.67. The van der Waals surface area contributed by atoms with Gasteiger partial charge >= 0.3 is 0 Å². The predicted molar refractivity (Wildman–Crippen MR) is 79.4 cm³/mol. The van der Waals surface area contributed by atoms with Crippen molar-refractivity contribution in [3.05, 3.63) is 0 Å². The van der Waals surface area contributed by atoms with Crippen molar-refractivity contribution in [2.75, 3.05) is 13.2 Å². The zero-order valence-corrected chi connectivity index (χ0v) is 12.4. The summed E-state index contributed by atoms with van der Waals surface area (Å²) in [6, 6.07) is 0. The zero-order chi connectivity index (χ0) is 14.2. The lowest BCUT2D eigenvalue weighted by molar-refractivity contribution is -0.0532. The van der Waals surface area contributed by atoms with Crippen molar-refractivity contribution in [2.45, 2.75) is 76.1 Å². The minimum atomic E-state index is -0.194. The fourth-order valence-corrected chi connectivity index (χ4v) is 3.58. The summed E-state index contributed by atoms with van der Waals surface area (Å²) in [5, 5.41) is 9.44. The molecule has 1 aliphatic carbocycles. The van der Waals surface area contributed by atoms with Crippen LogP contribution < -0.4 is 0 Å². The van der Waals surface area contributed by atoms with Crippen molar-refractivity contribution in [2.24, 2.45) is 5.92 Å². The third-order valence-corrected chi connectivity index (χ3v) is 4.72. The molecule has 3 heteroatoms. The highest BCUT2D eigenvalue weighted by atomic mass is 16.6. The summed E-state index contributed by atoms with van der Waals surface area (Å²) in [5.41, 5.74) is 0. The van der Waals surface area contributed by atoms with E-state index in [1.165, 1.54) is 51.4 Å². The molecule has 20 heavy (non-hydrogen) atoms. The van der Waals surface area contributed by atoms with Crippen LogP contribution in [0.15, 0.2) is 0 Å². The Kier molecular flexibility index (Phi) is 6.86. The molecule has 2 aliphatic rings. The number of aliphatic hydroxyl groups is 1. The minimum Gasteiger partial charge on any atom is -0.394 e. The molecule has 1 heterocycles. The standard InChI is InChI=1S/C17H28O3/c1-2-11-19-16-12-15(20-17(16)13-18)14-9-7-5-3-4-6-8-10-14/h1,14-18H,3-13H2/t15-,16?,17-/m1/s1. The van der Waals surface area contributed by atoms with E-state index in [1.54, 1.807) is 0 Å². The smallest absolute Gasteiger partial charge is 0.107 e. The van der Waals surface area contributed by atoms with E-state index < -0.39 is 0 Å². The Labute approximate surface area is 123 Å². The van der Waals surface area contributed by atoms with Gasteiger partial charge in [0, 0.05) is 6.42 Å². The molecular formula is C17H28O3. The van der Waals surface area contributed by atoms with Crippen LogP contribution in [0.3, 0.4) is 0 Å². The number of hydrogen-bond acceptors (Lipinski definition) is 3. The van der Waals surface area contributed by atoms with Crippen LogP contribution >= 0.6 is 0 Å². The van der Waals surface area contributed by atoms with E-state index in [9.17, 15) is 5.11 Å². The normalized spacial score (nSPS) is 33.1. The highest BCUT2D eigenvalue weighted by Gasteiger charge is 2.38. The van der Waals surface area contributed by atoms with Gasteiger partial charge in [0.25, 0.3) is 0 Å². The van der Waals surface area contributed by atoms with Crippen molar-refractivity contribution in [1.82, 2.24) is 0 Å². The third-order valence-electron chi connectivity index (χ3n) is 4.72. The van der Waals surface area contributed by atoms with E-state index >= 15 is 0 Å². The van der Waals surface area contributed by atoms with Crippen LogP contribution in [0.5, 0.6) is 0 Å². The highest BCUT2D eigenvalue weighted by Crippen LogP contribution is 2.34. The van der Waals surface area contributed by atoms with Crippen molar-refractivity contribution in [3.8, 4) is 12.3 Å². The van der Waals surface area contributed by atoms with E-state index in [1.807, 2.05) is 0 Å². The van der Waals surface area contributed by atoms with Gasteiger partial charge in [-0.25, -0.2) is 0 Å². The average molecular weight is 280 g/mol. The topological polar surface area (TPSA) is 38.7 Å². The van der Waals surface area contributed by atoms with E-state index in [0.29, 0.717) is 12.5 Å². The Balaban J connectivity index is 1.88.